The lowest BCUT2D eigenvalue weighted by Gasteiger charge is -2.39. The first-order valence-corrected chi connectivity index (χ1v) is 4.85. The van der Waals surface area contributed by atoms with Crippen LogP contribution in [-0.4, -0.2) is 17.7 Å². The molecule has 0 aromatic carbocycles. The Hall–Kier alpha value is -1.06. The minimum atomic E-state index is -1.12. The molecule has 0 unspecified atom stereocenters. The van der Waals surface area contributed by atoms with Crippen LogP contribution in [0.2, 0.25) is 0 Å². The van der Waals surface area contributed by atoms with Crippen LogP contribution in [0.15, 0.2) is 0 Å². The summed E-state index contributed by atoms with van der Waals surface area (Å²) in [6, 6.07) is 0. The maximum atomic E-state index is 11.7. The van der Waals surface area contributed by atoms with E-state index in [4.69, 9.17) is 9.47 Å². The van der Waals surface area contributed by atoms with Gasteiger partial charge in [-0.1, -0.05) is 13.8 Å². The molecule has 4 heteroatoms. The van der Waals surface area contributed by atoms with Gasteiger partial charge in [0.05, 0.1) is 0 Å². The maximum absolute atomic E-state index is 11.7. The summed E-state index contributed by atoms with van der Waals surface area (Å²) in [5.74, 6) is -2.06. The average Bonchev–Trinajstić information content (AvgIpc) is 2.03. The minimum absolute atomic E-state index is 0.414. The molecule has 1 fully saturated rings. The van der Waals surface area contributed by atoms with Crippen molar-refractivity contribution in [2.24, 2.45) is 5.41 Å². The number of esters is 2. The molecule has 4 nitrogen and oxygen atoms in total. The number of hydrogen-bond donors (Lipinski definition) is 0. The third kappa shape index (κ3) is 1.49. The van der Waals surface area contributed by atoms with E-state index in [1.54, 1.807) is 27.7 Å². The van der Waals surface area contributed by atoms with Gasteiger partial charge >= 0.3 is 11.9 Å². The molecule has 1 aliphatic heterocycles. The fourth-order valence-corrected chi connectivity index (χ4v) is 1.57. The van der Waals surface area contributed by atoms with Crippen LogP contribution in [0.4, 0.5) is 0 Å². The average molecular weight is 200 g/mol. The molecule has 0 aromatic heterocycles. The third-order valence-electron chi connectivity index (χ3n) is 2.67. The molecule has 0 amide bonds. The van der Waals surface area contributed by atoms with E-state index in [9.17, 15) is 9.59 Å². The summed E-state index contributed by atoms with van der Waals surface area (Å²) in [4.78, 5) is 23.4. The summed E-state index contributed by atoms with van der Waals surface area (Å²) in [5, 5.41) is 0. The van der Waals surface area contributed by atoms with E-state index < -0.39 is 23.1 Å². The van der Waals surface area contributed by atoms with E-state index in [-0.39, 0.29) is 0 Å². The van der Waals surface area contributed by atoms with Crippen molar-refractivity contribution in [1.82, 2.24) is 0 Å². The standard InChI is InChI=1S/C10H16O4/c1-5-10(6-2)7(11)13-9(3,4)14-8(10)12/h5-6H2,1-4H3. The van der Waals surface area contributed by atoms with Crippen molar-refractivity contribution in [2.75, 3.05) is 0 Å². The van der Waals surface area contributed by atoms with Crippen LogP contribution < -0.4 is 0 Å². The zero-order chi connectivity index (χ0) is 11.0. The second kappa shape index (κ2) is 3.26. The van der Waals surface area contributed by atoms with Crippen molar-refractivity contribution in [1.29, 1.82) is 0 Å². The van der Waals surface area contributed by atoms with Crippen LogP contribution in [0, 0.1) is 5.41 Å². The van der Waals surface area contributed by atoms with Crippen LogP contribution in [0.1, 0.15) is 40.5 Å². The topological polar surface area (TPSA) is 52.6 Å². The Labute approximate surface area is 83.6 Å². The smallest absolute Gasteiger partial charge is 0.326 e. The summed E-state index contributed by atoms with van der Waals surface area (Å²) >= 11 is 0. The monoisotopic (exact) mass is 200 g/mol. The fraction of sp³-hybridized carbons (Fsp3) is 0.800. The lowest BCUT2D eigenvalue weighted by Crippen LogP contribution is -2.53. The van der Waals surface area contributed by atoms with Gasteiger partial charge in [0.15, 0.2) is 5.41 Å². The quantitative estimate of drug-likeness (QED) is 0.502. The van der Waals surface area contributed by atoms with Gasteiger partial charge in [0, 0.05) is 13.8 Å². The molecule has 80 valence electrons. The normalized spacial score (nSPS) is 24.0. The van der Waals surface area contributed by atoms with Gasteiger partial charge in [-0.2, -0.15) is 0 Å². The Morgan fingerprint density at radius 2 is 1.36 bits per heavy atom. The molecule has 0 saturated carbocycles. The number of cyclic esters (lactones) is 2. The summed E-state index contributed by atoms with van der Waals surface area (Å²) < 4.78 is 10.1. The highest BCUT2D eigenvalue weighted by Crippen LogP contribution is 2.37. The van der Waals surface area contributed by atoms with Gasteiger partial charge in [-0.15, -0.1) is 0 Å². The molecule has 14 heavy (non-hydrogen) atoms. The second-order valence-electron chi connectivity index (χ2n) is 3.97. The van der Waals surface area contributed by atoms with Crippen molar-refractivity contribution >= 4 is 11.9 Å². The molecular formula is C10H16O4. The first kappa shape index (κ1) is 11.0. The van der Waals surface area contributed by atoms with Crippen LogP contribution in [0.5, 0.6) is 0 Å². The van der Waals surface area contributed by atoms with E-state index in [1.807, 2.05) is 0 Å². The number of hydrogen-bond acceptors (Lipinski definition) is 4. The highest BCUT2D eigenvalue weighted by Gasteiger charge is 2.53. The molecule has 1 aliphatic rings. The first-order chi connectivity index (χ1) is 6.38. The van der Waals surface area contributed by atoms with Gasteiger partial charge in [0.1, 0.15) is 0 Å². The van der Waals surface area contributed by atoms with Crippen LogP contribution in [-0.2, 0) is 19.1 Å². The molecule has 0 bridgehead atoms. The summed E-state index contributed by atoms with van der Waals surface area (Å²) in [6.07, 6.45) is 0.828. The Morgan fingerprint density at radius 3 is 1.64 bits per heavy atom. The molecule has 0 radical (unpaired) electrons. The van der Waals surface area contributed by atoms with Crippen LogP contribution >= 0.6 is 0 Å². The number of ether oxygens (including phenoxy) is 2. The van der Waals surface area contributed by atoms with E-state index >= 15 is 0 Å². The molecule has 0 N–H and O–H groups in total. The number of carbonyl (C=O) groups excluding carboxylic acids is 2. The lowest BCUT2D eigenvalue weighted by molar-refractivity contribution is -0.251. The molecular weight excluding hydrogens is 184 g/mol. The third-order valence-corrected chi connectivity index (χ3v) is 2.67. The second-order valence-corrected chi connectivity index (χ2v) is 3.97. The van der Waals surface area contributed by atoms with Crippen molar-refractivity contribution in [3.8, 4) is 0 Å². The molecule has 1 heterocycles. The molecule has 1 saturated heterocycles. The molecule has 0 aliphatic carbocycles. The lowest BCUT2D eigenvalue weighted by atomic mass is 9.81. The highest BCUT2D eigenvalue weighted by atomic mass is 16.7. The van der Waals surface area contributed by atoms with Crippen molar-refractivity contribution in [3.05, 3.63) is 0 Å². The largest absolute Gasteiger partial charge is 0.422 e. The Kier molecular flexibility index (Phi) is 2.56. The molecule has 0 atom stereocenters. The van der Waals surface area contributed by atoms with Crippen molar-refractivity contribution < 1.29 is 19.1 Å². The Balaban J connectivity index is 3.01. The van der Waals surface area contributed by atoms with Gasteiger partial charge in [-0.25, -0.2) is 0 Å². The Bertz CT molecular complexity index is 241. The van der Waals surface area contributed by atoms with E-state index in [1.165, 1.54) is 0 Å². The summed E-state index contributed by atoms with van der Waals surface area (Å²) in [7, 11) is 0. The maximum Gasteiger partial charge on any atom is 0.326 e. The molecule has 1 rings (SSSR count). The zero-order valence-corrected chi connectivity index (χ0v) is 9.05. The molecule has 0 spiro atoms. The van der Waals surface area contributed by atoms with Crippen LogP contribution in [0.25, 0.3) is 0 Å². The van der Waals surface area contributed by atoms with Crippen molar-refractivity contribution in [3.63, 3.8) is 0 Å². The van der Waals surface area contributed by atoms with Gasteiger partial charge in [0.25, 0.3) is 5.79 Å². The van der Waals surface area contributed by atoms with Gasteiger partial charge in [-0.05, 0) is 12.8 Å². The fourth-order valence-electron chi connectivity index (χ4n) is 1.57. The number of carbonyl (C=O) groups is 2. The minimum Gasteiger partial charge on any atom is -0.422 e. The van der Waals surface area contributed by atoms with Crippen LogP contribution in [0.3, 0.4) is 0 Å². The van der Waals surface area contributed by atoms with E-state index in [0.29, 0.717) is 12.8 Å². The highest BCUT2D eigenvalue weighted by molar-refractivity contribution is 6.01. The Morgan fingerprint density at radius 1 is 1.00 bits per heavy atom. The summed E-state index contributed by atoms with van der Waals surface area (Å²) in [5.41, 5.74) is -1.09. The first-order valence-electron chi connectivity index (χ1n) is 4.85. The van der Waals surface area contributed by atoms with Gasteiger partial charge in [-0.3, -0.25) is 9.59 Å². The SMILES string of the molecule is CCC1(CC)C(=O)OC(C)(C)OC1=O. The van der Waals surface area contributed by atoms with E-state index in [2.05, 4.69) is 0 Å². The predicted molar refractivity (Wildman–Crippen MR) is 49.3 cm³/mol. The van der Waals surface area contributed by atoms with Crippen molar-refractivity contribution in [2.45, 2.75) is 46.3 Å². The summed E-state index contributed by atoms with van der Waals surface area (Å²) in [6.45, 7) is 6.67. The number of rotatable bonds is 2. The predicted octanol–water partition coefficient (Wildman–Crippen LogP) is 1.63. The van der Waals surface area contributed by atoms with Gasteiger partial charge in [0.2, 0.25) is 0 Å². The zero-order valence-electron chi connectivity index (χ0n) is 9.05. The molecule has 0 aromatic rings. The van der Waals surface area contributed by atoms with E-state index in [0.717, 1.165) is 0 Å². The van der Waals surface area contributed by atoms with Gasteiger partial charge < -0.3 is 9.47 Å².